The molecule has 5 heteroatoms. The van der Waals surface area contributed by atoms with Gasteiger partial charge in [-0.1, -0.05) is 15.9 Å². The van der Waals surface area contributed by atoms with Gasteiger partial charge >= 0.3 is 5.97 Å². The molecular formula is C10H8BrNO2S. The smallest absolute Gasteiger partial charge is 0.307 e. The molecule has 0 unspecified atom stereocenters. The van der Waals surface area contributed by atoms with E-state index < -0.39 is 5.97 Å². The second-order valence-electron chi connectivity index (χ2n) is 2.96. The van der Waals surface area contributed by atoms with E-state index >= 15 is 0 Å². The average molecular weight is 286 g/mol. The molecule has 0 saturated heterocycles. The van der Waals surface area contributed by atoms with Gasteiger partial charge in [0.25, 0.3) is 0 Å². The lowest BCUT2D eigenvalue weighted by Gasteiger charge is -2.07. The second kappa shape index (κ2) is 5.19. The molecule has 0 atom stereocenters. The fourth-order valence-electron chi connectivity index (χ4n) is 1.23. The van der Waals surface area contributed by atoms with Crippen LogP contribution in [0, 0.1) is 11.3 Å². The van der Waals surface area contributed by atoms with Gasteiger partial charge in [0, 0.05) is 10.2 Å². The predicted molar refractivity (Wildman–Crippen MR) is 62.4 cm³/mol. The number of hydrogen-bond acceptors (Lipinski definition) is 3. The lowest BCUT2D eigenvalue weighted by atomic mass is 10.0. The molecule has 0 heterocycles. The van der Waals surface area contributed by atoms with Crippen LogP contribution in [-0.4, -0.2) is 11.1 Å². The van der Waals surface area contributed by atoms with Gasteiger partial charge in [0.15, 0.2) is 0 Å². The van der Waals surface area contributed by atoms with Gasteiger partial charge in [-0.15, -0.1) is 12.6 Å². The lowest BCUT2D eigenvalue weighted by Crippen LogP contribution is -2.04. The van der Waals surface area contributed by atoms with Gasteiger partial charge in [-0.3, -0.25) is 4.79 Å². The molecule has 0 radical (unpaired) electrons. The van der Waals surface area contributed by atoms with E-state index in [1.165, 1.54) is 0 Å². The summed E-state index contributed by atoms with van der Waals surface area (Å²) >= 11 is 7.46. The van der Waals surface area contributed by atoms with Gasteiger partial charge in [-0.2, -0.15) is 5.26 Å². The number of nitrogens with zero attached hydrogens (tertiary/aromatic N) is 1. The van der Waals surface area contributed by atoms with E-state index in [9.17, 15) is 4.79 Å². The number of carboxylic acid groups (broad SMARTS) is 1. The molecule has 0 saturated carbocycles. The first kappa shape index (κ1) is 12.1. The molecule has 0 aromatic heterocycles. The van der Waals surface area contributed by atoms with Crippen molar-refractivity contribution in [3.8, 4) is 6.07 Å². The molecule has 1 aromatic carbocycles. The van der Waals surface area contributed by atoms with E-state index in [1.54, 1.807) is 12.1 Å². The first-order valence-corrected chi connectivity index (χ1v) is 5.68. The van der Waals surface area contributed by atoms with Crippen molar-refractivity contribution < 1.29 is 9.90 Å². The summed E-state index contributed by atoms with van der Waals surface area (Å²) in [5.41, 5.74) is 1.75. The van der Waals surface area contributed by atoms with E-state index in [-0.39, 0.29) is 6.42 Å². The van der Waals surface area contributed by atoms with Crippen LogP contribution in [0.25, 0.3) is 0 Å². The number of benzene rings is 1. The molecular weight excluding hydrogens is 278 g/mol. The highest BCUT2D eigenvalue weighted by Gasteiger charge is 2.11. The van der Waals surface area contributed by atoms with Gasteiger partial charge in [-0.05, 0) is 23.3 Å². The van der Waals surface area contributed by atoms with Gasteiger partial charge in [0.05, 0.1) is 18.1 Å². The number of hydrogen-bond donors (Lipinski definition) is 2. The Morgan fingerprint density at radius 1 is 1.60 bits per heavy atom. The van der Waals surface area contributed by atoms with Crippen LogP contribution in [0.2, 0.25) is 0 Å². The third kappa shape index (κ3) is 2.98. The van der Waals surface area contributed by atoms with Gasteiger partial charge in [-0.25, -0.2) is 0 Å². The summed E-state index contributed by atoms with van der Waals surface area (Å²) in [6.45, 7) is 0. The first-order valence-electron chi connectivity index (χ1n) is 4.11. The maximum atomic E-state index is 10.6. The maximum Gasteiger partial charge on any atom is 0.307 e. The van der Waals surface area contributed by atoms with E-state index in [0.29, 0.717) is 21.4 Å². The molecule has 0 aliphatic rings. The van der Waals surface area contributed by atoms with Crippen LogP contribution in [0.1, 0.15) is 16.7 Å². The van der Waals surface area contributed by atoms with Crippen molar-refractivity contribution in [2.24, 2.45) is 0 Å². The highest BCUT2D eigenvalue weighted by atomic mass is 79.9. The van der Waals surface area contributed by atoms with Gasteiger partial charge < -0.3 is 5.11 Å². The SMILES string of the molecule is N#Cc1cc(CBr)cc(S)c1CC(=O)O. The standard InChI is InChI=1S/C10H8BrNO2S/c11-4-6-1-7(5-12)8(3-10(13)14)9(15)2-6/h1-2,15H,3-4H2,(H,13,14). The Labute approximate surface area is 101 Å². The molecule has 1 rings (SSSR count). The highest BCUT2D eigenvalue weighted by molar-refractivity contribution is 9.08. The Balaban J connectivity index is 3.26. The summed E-state index contributed by atoms with van der Waals surface area (Å²) in [4.78, 5) is 11.1. The minimum Gasteiger partial charge on any atom is -0.481 e. The Hall–Kier alpha value is -0.990. The second-order valence-corrected chi connectivity index (χ2v) is 4.00. The fourth-order valence-corrected chi connectivity index (χ4v) is 1.92. The number of halogens is 1. The van der Waals surface area contributed by atoms with Crippen molar-refractivity contribution in [2.75, 3.05) is 0 Å². The quantitative estimate of drug-likeness (QED) is 0.662. The van der Waals surface area contributed by atoms with Gasteiger partial charge in [0.1, 0.15) is 0 Å². The number of rotatable bonds is 3. The third-order valence-electron chi connectivity index (χ3n) is 1.89. The predicted octanol–water partition coefficient (Wildman–Crippen LogP) is 2.37. The van der Waals surface area contributed by atoms with Crippen molar-refractivity contribution in [3.63, 3.8) is 0 Å². The number of aliphatic carboxylic acids is 1. The number of nitriles is 1. The summed E-state index contributed by atoms with van der Waals surface area (Å²) in [5, 5.41) is 18.2. The minimum absolute atomic E-state index is 0.176. The molecule has 1 N–H and O–H groups in total. The normalized spacial score (nSPS) is 9.67. The first-order chi connectivity index (χ1) is 7.08. The zero-order chi connectivity index (χ0) is 11.4. The van der Waals surface area contributed by atoms with Crippen LogP contribution in [0.4, 0.5) is 0 Å². The molecule has 15 heavy (non-hydrogen) atoms. The summed E-state index contributed by atoms with van der Waals surface area (Å²) in [5.74, 6) is -0.964. The molecule has 1 aromatic rings. The van der Waals surface area contributed by atoms with Crippen molar-refractivity contribution in [1.29, 1.82) is 5.26 Å². The molecule has 0 aliphatic carbocycles. The zero-order valence-electron chi connectivity index (χ0n) is 7.70. The van der Waals surface area contributed by atoms with E-state index in [1.807, 2.05) is 6.07 Å². The van der Waals surface area contributed by atoms with Crippen molar-refractivity contribution in [1.82, 2.24) is 0 Å². The number of thiol groups is 1. The third-order valence-corrected chi connectivity index (χ3v) is 2.94. The fraction of sp³-hybridized carbons (Fsp3) is 0.200. The minimum atomic E-state index is -0.964. The monoisotopic (exact) mass is 285 g/mol. The summed E-state index contributed by atoms with van der Waals surface area (Å²) in [6.07, 6.45) is -0.176. The molecule has 3 nitrogen and oxygen atoms in total. The van der Waals surface area contributed by atoms with Crippen molar-refractivity contribution in [3.05, 3.63) is 28.8 Å². The number of carbonyl (C=O) groups is 1. The Morgan fingerprint density at radius 3 is 2.73 bits per heavy atom. The molecule has 0 spiro atoms. The van der Waals surface area contributed by atoms with E-state index in [0.717, 1.165) is 5.56 Å². The summed E-state index contributed by atoms with van der Waals surface area (Å²) in [7, 11) is 0. The topological polar surface area (TPSA) is 61.1 Å². The zero-order valence-corrected chi connectivity index (χ0v) is 10.2. The van der Waals surface area contributed by atoms with Crippen molar-refractivity contribution >= 4 is 34.5 Å². The average Bonchev–Trinajstić information content (AvgIpc) is 2.20. The van der Waals surface area contributed by atoms with Crippen LogP contribution in [0.5, 0.6) is 0 Å². The van der Waals surface area contributed by atoms with Crippen LogP contribution in [-0.2, 0) is 16.5 Å². The molecule has 0 amide bonds. The lowest BCUT2D eigenvalue weighted by molar-refractivity contribution is -0.136. The largest absolute Gasteiger partial charge is 0.481 e. The maximum absolute atomic E-state index is 10.6. The summed E-state index contributed by atoms with van der Waals surface area (Å²) in [6, 6.07) is 5.42. The van der Waals surface area contributed by atoms with E-state index in [4.69, 9.17) is 10.4 Å². The molecule has 0 bridgehead atoms. The highest BCUT2D eigenvalue weighted by Crippen LogP contribution is 2.22. The van der Waals surface area contributed by atoms with Gasteiger partial charge in [0.2, 0.25) is 0 Å². The van der Waals surface area contributed by atoms with Crippen LogP contribution >= 0.6 is 28.6 Å². The Bertz CT molecular complexity index is 440. The summed E-state index contributed by atoms with van der Waals surface area (Å²) < 4.78 is 0. The number of alkyl halides is 1. The molecule has 0 aliphatic heterocycles. The van der Waals surface area contributed by atoms with E-state index in [2.05, 4.69) is 28.6 Å². The number of carboxylic acids is 1. The van der Waals surface area contributed by atoms with Crippen LogP contribution in [0.3, 0.4) is 0 Å². The Kier molecular flexibility index (Phi) is 4.18. The van der Waals surface area contributed by atoms with Crippen molar-refractivity contribution in [2.45, 2.75) is 16.6 Å². The van der Waals surface area contributed by atoms with Crippen LogP contribution in [0.15, 0.2) is 17.0 Å². The Morgan fingerprint density at radius 2 is 2.27 bits per heavy atom. The molecule has 0 fully saturated rings. The molecule has 78 valence electrons. The van der Waals surface area contributed by atoms with Crippen LogP contribution < -0.4 is 0 Å².